The van der Waals surface area contributed by atoms with Crippen LogP contribution in [0.1, 0.15) is 23.3 Å². The van der Waals surface area contributed by atoms with Gasteiger partial charge in [0.2, 0.25) is 0 Å². The zero-order valence-electron chi connectivity index (χ0n) is 15.9. The number of nitrogens with one attached hydrogen (secondary N) is 2. The molecule has 29 heavy (non-hydrogen) atoms. The predicted octanol–water partition coefficient (Wildman–Crippen LogP) is 4.48. The zero-order chi connectivity index (χ0) is 19.6. The van der Waals surface area contributed by atoms with E-state index in [1.165, 1.54) is 12.8 Å². The first-order chi connectivity index (χ1) is 14.3. The number of anilines is 2. The summed E-state index contributed by atoms with van der Waals surface area (Å²) in [5.41, 5.74) is 4.01. The van der Waals surface area contributed by atoms with E-state index >= 15 is 0 Å². The number of aromatic amines is 1. The van der Waals surface area contributed by atoms with E-state index in [1.807, 2.05) is 66.7 Å². The summed E-state index contributed by atoms with van der Waals surface area (Å²) < 4.78 is 0. The summed E-state index contributed by atoms with van der Waals surface area (Å²) in [4.78, 5) is 17.9. The number of hydrogen-bond acceptors (Lipinski definition) is 4. The Hall–Kier alpha value is -3.67. The fourth-order valence-corrected chi connectivity index (χ4v) is 3.71. The summed E-state index contributed by atoms with van der Waals surface area (Å²) in [5.74, 6) is 0.775. The molecular weight excluding hydrogens is 362 g/mol. The fraction of sp³-hybridized carbons (Fsp3) is 0.174. The topological polar surface area (TPSA) is 73.9 Å². The molecule has 0 saturated carbocycles. The number of rotatable bonds is 4. The maximum absolute atomic E-state index is 12.5. The molecule has 2 N–H and O–H groups in total. The van der Waals surface area contributed by atoms with Crippen molar-refractivity contribution in [2.45, 2.75) is 12.8 Å². The Morgan fingerprint density at radius 2 is 1.72 bits per heavy atom. The first-order valence-corrected chi connectivity index (χ1v) is 9.84. The summed E-state index contributed by atoms with van der Waals surface area (Å²) >= 11 is 0. The molecule has 0 radical (unpaired) electrons. The third-order valence-corrected chi connectivity index (χ3v) is 5.29. The number of carbonyl (C=O) groups is 1. The number of nitrogens with zero attached hydrogens (tertiary/aromatic N) is 3. The number of carbonyl (C=O) groups excluding carboxylic acids is 1. The standard InChI is InChI=1S/C23H21N5O/c29-23(21-15-17-5-1-2-6-19(17)25-21)24-18-9-7-16(8-10-18)20-11-12-22(27-26-20)28-13-3-4-14-28/h1-2,5-12,15,25H,3-4,13-14H2,(H,24,29). The van der Waals surface area contributed by atoms with Crippen LogP contribution in [0.2, 0.25) is 0 Å². The van der Waals surface area contributed by atoms with Gasteiger partial charge >= 0.3 is 0 Å². The lowest BCUT2D eigenvalue weighted by Gasteiger charge is -2.15. The molecule has 0 spiro atoms. The number of amides is 1. The molecule has 6 nitrogen and oxygen atoms in total. The van der Waals surface area contributed by atoms with Crippen molar-refractivity contribution < 1.29 is 4.79 Å². The molecule has 0 aliphatic carbocycles. The Morgan fingerprint density at radius 3 is 2.45 bits per heavy atom. The van der Waals surface area contributed by atoms with Gasteiger partial charge in [-0.2, -0.15) is 0 Å². The molecule has 1 amide bonds. The van der Waals surface area contributed by atoms with Crippen molar-refractivity contribution >= 4 is 28.3 Å². The van der Waals surface area contributed by atoms with Gasteiger partial charge in [0.15, 0.2) is 5.82 Å². The van der Waals surface area contributed by atoms with Gasteiger partial charge in [-0.1, -0.05) is 30.3 Å². The largest absolute Gasteiger partial charge is 0.355 e. The number of fused-ring (bicyclic) bond motifs is 1. The minimum absolute atomic E-state index is 0.163. The van der Waals surface area contributed by atoms with Crippen LogP contribution in [0.4, 0.5) is 11.5 Å². The fourth-order valence-electron chi connectivity index (χ4n) is 3.71. The Labute approximate surface area is 168 Å². The van der Waals surface area contributed by atoms with E-state index in [2.05, 4.69) is 25.4 Å². The van der Waals surface area contributed by atoms with Crippen LogP contribution < -0.4 is 10.2 Å². The lowest BCUT2D eigenvalue weighted by atomic mass is 10.1. The Balaban J connectivity index is 1.29. The summed E-state index contributed by atoms with van der Waals surface area (Å²) in [6.45, 7) is 2.11. The second kappa shape index (κ2) is 7.39. The molecule has 1 aliphatic rings. The molecule has 5 rings (SSSR count). The third kappa shape index (κ3) is 3.57. The van der Waals surface area contributed by atoms with Crippen LogP contribution in [-0.4, -0.2) is 34.2 Å². The van der Waals surface area contributed by atoms with E-state index in [0.29, 0.717) is 5.69 Å². The van der Waals surface area contributed by atoms with Gasteiger partial charge in [-0.25, -0.2) is 0 Å². The average molecular weight is 383 g/mol. The van der Waals surface area contributed by atoms with Crippen LogP contribution in [0.25, 0.3) is 22.2 Å². The summed E-state index contributed by atoms with van der Waals surface area (Å²) in [6, 6.07) is 21.4. The van der Waals surface area contributed by atoms with Gasteiger partial charge in [0.05, 0.1) is 5.69 Å². The van der Waals surface area contributed by atoms with Crippen molar-refractivity contribution in [2.75, 3.05) is 23.3 Å². The Kier molecular flexibility index (Phi) is 4.44. The van der Waals surface area contributed by atoms with E-state index in [9.17, 15) is 4.79 Å². The SMILES string of the molecule is O=C(Nc1ccc(-c2ccc(N3CCCC3)nn2)cc1)c1cc2ccccc2[nH]1. The smallest absolute Gasteiger partial charge is 0.272 e. The van der Waals surface area contributed by atoms with Gasteiger partial charge < -0.3 is 15.2 Å². The second-order valence-electron chi connectivity index (χ2n) is 7.27. The van der Waals surface area contributed by atoms with E-state index in [4.69, 9.17) is 0 Å². The minimum Gasteiger partial charge on any atom is -0.355 e. The lowest BCUT2D eigenvalue weighted by molar-refractivity contribution is 0.102. The van der Waals surface area contributed by atoms with Gasteiger partial charge in [0.25, 0.3) is 5.91 Å². The van der Waals surface area contributed by atoms with E-state index in [-0.39, 0.29) is 5.91 Å². The highest BCUT2D eigenvalue weighted by Gasteiger charge is 2.14. The van der Waals surface area contributed by atoms with Crippen molar-refractivity contribution in [1.82, 2.24) is 15.2 Å². The number of aromatic nitrogens is 3. The van der Waals surface area contributed by atoms with Gasteiger partial charge in [0, 0.05) is 35.2 Å². The molecule has 0 unspecified atom stereocenters. The molecule has 1 saturated heterocycles. The third-order valence-electron chi connectivity index (χ3n) is 5.29. The second-order valence-corrected chi connectivity index (χ2v) is 7.27. The van der Waals surface area contributed by atoms with Crippen LogP contribution in [0.5, 0.6) is 0 Å². The first-order valence-electron chi connectivity index (χ1n) is 9.84. The van der Waals surface area contributed by atoms with E-state index in [0.717, 1.165) is 46.8 Å². The number of para-hydroxylation sites is 1. The minimum atomic E-state index is -0.163. The lowest BCUT2D eigenvalue weighted by Crippen LogP contribution is -2.19. The van der Waals surface area contributed by atoms with Crippen molar-refractivity contribution in [2.24, 2.45) is 0 Å². The van der Waals surface area contributed by atoms with Crippen molar-refractivity contribution in [3.63, 3.8) is 0 Å². The molecule has 0 bridgehead atoms. The molecule has 2 aromatic carbocycles. The van der Waals surface area contributed by atoms with Gasteiger partial charge in [0.1, 0.15) is 5.69 Å². The normalized spacial score (nSPS) is 13.7. The van der Waals surface area contributed by atoms with Crippen molar-refractivity contribution in [3.05, 3.63) is 72.4 Å². The molecule has 144 valence electrons. The summed E-state index contributed by atoms with van der Waals surface area (Å²) in [7, 11) is 0. The molecule has 0 atom stereocenters. The molecule has 1 aliphatic heterocycles. The van der Waals surface area contributed by atoms with Crippen LogP contribution >= 0.6 is 0 Å². The monoisotopic (exact) mass is 383 g/mol. The number of H-pyrrole nitrogens is 1. The highest BCUT2D eigenvalue weighted by atomic mass is 16.1. The summed E-state index contributed by atoms with van der Waals surface area (Å²) in [6.07, 6.45) is 2.43. The first kappa shape index (κ1) is 17.4. The number of benzene rings is 2. The van der Waals surface area contributed by atoms with E-state index in [1.54, 1.807) is 0 Å². The van der Waals surface area contributed by atoms with Crippen LogP contribution in [0.15, 0.2) is 66.7 Å². The zero-order valence-corrected chi connectivity index (χ0v) is 15.9. The average Bonchev–Trinajstić information content (AvgIpc) is 3.44. The Bertz CT molecular complexity index is 1110. The predicted molar refractivity (Wildman–Crippen MR) is 115 cm³/mol. The van der Waals surface area contributed by atoms with Gasteiger partial charge in [-0.05, 0) is 49.2 Å². The van der Waals surface area contributed by atoms with Gasteiger partial charge in [-0.15, -0.1) is 10.2 Å². The number of hydrogen-bond donors (Lipinski definition) is 2. The molecule has 1 fully saturated rings. The van der Waals surface area contributed by atoms with Crippen LogP contribution in [0.3, 0.4) is 0 Å². The quantitative estimate of drug-likeness (QED) is 0.545. The highest BCUT2D eigenvalue weighted by Crippen LogP contribution is 2.23. The Morgan fingerprint density at radius 1 is 0.931 bits per heavy atom. The van der Waals surface area contributed by atoms with Gasteiger partial charge in [-0.3, -0.25) is 4.79 Å². The molecule has 4 aromatic rings. The maximum Gasteiger partial charge on any atom is 0.272 e. The molecule has 2 aromatic heterocycles. The molecule has 3 heterocycles. The van der Waals surface area contributed by atoms with Crippen LogP contribution in [-0.2, 0) is 0 Å². The van der Waals surface area contributed by atoms with Crippen molar-refractivity contribution in [3.8, 4) is 11.3 Å². The van der Waals surface area contributed by atoms with E-state index < -0.39 is 0 Å². The molecule has 6 heteroatoms. The summed E-state index contributed by atoms with van der Waals surface area (Å²) in [5, 5.41) is 12.7. The maximum atomic E-state index is 12.5. The van der Waals surface area contributed by atoms with Crippen LogP contribution in [0, 0.1) is 0 Å². The highest BCUT2D eigenvalue weighted by molar-refractivity contribution is 6.06. The van der Waals surface area contributed by atoms with Crippen molar-refractivity contribution in [1.29, 1.82) is 0 Å². The molecular formula is C23H21N5O.